The molecule has 0 saturated heterocycles. The summed E-state index contributed by atoms with van der Waals surface area (Å²) >= 11 is 0. The summed E-state index contributed by atoms with van der Waals surface area (Å²) in [4.78, 5) is 0. The van der Waals surface area contributed by atoms with Crippen molar-refractivity contribution in [1.29, 1.82) is 0 Å². The van der Waals surface area contributed by atoms with Crippen LogP contribution in [0.15, 0.2) is 30.3 Å². The summed E-state index contributed by atoms with van der Waals surface area (Å²) in [6.45, 7) is 2.22. The van der Waals surface area contributed by atoms with Gasteiger partial charge in [0, 0.05) is 5.39 Å². The first-order valence-electron chi connectivity index (χ1n) is 9.69. The zero-order valence-electron chi connectivity index (χ0n) is 15.2. The lowest BCUT2D eigenvalue weighted by Gasteiger charge is -2.29. The fraction of sp³-hybridized carbons (Fsp3) is 0.545. The first-order valence-corrected chi connectivity index (χ1v) is 9.69. The van der Waals surface area contributed by atoms with Gasteiger partial charge in [0.2, 0.25) is 0 Å². The SMILES string of the molecule is CCCCCC1CCC(c2ccc3c(F)c(C(F)(F)F)ccc3c2)CC1. The van der Waals surface area contributed by atoms with Crippen LogP contribution in [0.1, 0.15) is 75.3 Å². The Balaban J connectivity index is 1.72. The standard InChI is InChI=1S/C22H26F4/c1-2-3-4-5-15-6-8-16(9-7-15)17-10-12-19-18(14-17)11-13-20(21(19)23)22(24,25)26/h10-16H,2-9H2,1H3. The second-order valence-corrected chi connectivity index (χ2v) is 7.62. The van der Waals surface area contributed by atoms with Gasteiger partial charge in [0.1, 0.15) is 5.82 Å². The molecule has 142 valence electrons. The molecule has 1 fully saturated rings. The molecule has 0 radical (unpaired) electrons. The van der Waals surface area contributed by atoms with E-state index in [0.29, 0.717) is 11.3 Å². The van der Waals surface area contributed by atoms with Crippen molar-refractivity contribution in [2.75, 3.05) is 0 Å². The summed E-state index contributed by atoms with van der Waals surface area (Å²) in [5.74, 6) is 0.0819. The molecular formula is C22H26F4. The van der Waals surface area contributed by atoms with Crippen molar-refractivity contribution in [3.05, 3.63) is 47.3 Å². The third-order valence-electron chi connectivity index (χ3n) is 5.82. The lowest BCUT2D eigenvalue weighted by Crippen LogP contribution is -2.13. The Morgan fingerprint density at radius 3 is 2.35 bits per heavy atom. The van der Waals surface area contributed by atoms with Crippen molar-refractivity contribution in [2.24, 2.45) is 5.92 Å². The number of hydrogen-bond acceptors (Lipinski definition) is 0. The lowest BCUT2D eigenvalue weighted by atomic mass is 9.76. The van der Waals surface area contributed by atoms with Gasteiger partial charge in [-0.2, -0.15) is 13.2 Å². The highest BCUT2D eigenvalue weighted by atomic mass is 19.4. The fourth-order valence-corrected chi connectivity index (χ4v) is 4.25. The lowest BCUT2D eigenvalue weighted by molar-refractivity contribution is -0.139. The van der Waals surface area contributed by atoms with E-state index >= 15 is 0 Å². The van der Waals surface area contributed by atoms with E-state index in [4.69, 9.17) is 0 Å². The van der Waals surface area contributed by atoms with Gasteiger partial charge < -0.3 is 0 Å². The van der Waals surface area contributed by atoms with Crippen LogP contribution in [0.5, 0.6) is 0 Å². The van der Waals surface area contributed by atoms with E-state index in [0.717, 1.165) is 30.4 Å². The quantitative estimate of drug-likeness (QED) is 0.373. The molecule has 3 rings (SSSR count). The van der Waals surface area contributed by atoms with Crippen molar-refractivity contribution in [1.82, 2.24) is 0 Å². The highest BCUT2D eigenvalue weighted by Gasteiger charge is 2.34. The van der Waals surface area contributed by atoms with Crippen molar-refractivity contribution in [3.8, 4) is 0 Å². The molecule has 0 aromatic heterocycles. The maximum Gasteiger partial charge on any atom is 0.419 e. The van der Waals surface area contributed by atoms with Crippen LogP contribution in [-0.2, 0) is 6.18 Å². The largest absolute Gasteiger partial charge is 0.419 e. The van der Waals surface area contributed by atoms with E-state index in [9.17, 15) is 17.6 Å². The number of unbranched alkanes of at least 4 members (excludes halogenated alkanes) is 2. The summed E-state index contributed by atoms with van der Waals surface area (Å²) in [6, 6.07) is 7.45. The van der Waals surface area contributed by atoms with Crippen LogP contribution >= 0.6 is 0 Å². The number of benzene rings is 2. The van der Waals surface area contributed by atoms with Gasteiger partial charge in [0.25, 0.3) is 0 Å². The first kappa shape index (κ1) is 19.2. The molecule has 1 aliphatic carbocycles. The van der Waals surface area contributed by atoms with Gasteiger partial charge in [-0.25, -0.2) is 4.39 Å². The Kier molecular flexibility index (Phi) is 5.89. The second kappa shape index (κ2) is 7.98. The molecule has 0 heterocycles. The average molecular weight is 366 g/mol. The van der Waals surface area contributed by atoms with Crippen molar-refractivity contribution < 1.29 is 17.6 Å². The molecule has 26 heavy (non-hydrogen) atoms. The number of fused-ring (bicyclic) bond motifs is 1. The van der Waals surface area contributed by atoms with E-state index in [1.807, 2.05) is 12.1 Å². The van der Waals surface area contributed by atoms with Gasteiger partial charge in [-0.1, -0.05) is 56.9 Å². The Morgan fingerprint density at radius 1 is 0.962 bits per heavy atom. The van der Waals surface area contributed by atoms with Crippen LogP contribution < -0.4 is 0 Å². The minimum absolute atomic E-state index is 0.0526. The Bertz CT molecular complexity index is 740. The predicted octanol–water partition coefficient (Wildman–Crippen LogP) is 7.85. The number of rotatable bonds is 5. The molecule has 0 nitrogen and oxygen atoms in total. The van der Waals surface area contributed by atoms with Gasteiger partial charge in [-0.05, 0) is 54.5 Å². The molecule has 0 aliphatic heterocycles. The number of halogens is 4. The maximum absolute atomic E-state index is 14.2. The van der Waals surface area contributed by atoms with Crippen molar-refractivity contribution >= 4 is 10.8 Å². The molecule has 2 aromatic rings. The minimum Gasteiger partial charge on any atom is -0.206 e. The Labute approximate surface area is 152 Å². The van der Waals surface area contributed by atoms with E-state index in [-0.39, 0.29) is 5.39 Å². The van der Waals surface area contributed by atoms with Crippen LogP contribution in [0.2, 0.25) is 0 Å². The summed E-state index contributed by atoms with van der Waals surface area (Å²) in [7, 11) is 0. The molecule has 2 aromatic carbocycles. The fourth-order valence-electron chi connectivity index (χ4n) is 4.25. The van der Waals surface area contributed by atoms with Gasteiger partial charge >= 0.3 is 6.18 Å². The summed E-state index contributed by atoms with van der Waals surface area (Å²) in [6.07, 6.45) is 5.17. The maximum atomic E-state index is 14.2. The van der Waals surface area contributed by atoms with Crippen LogP contribution in [0.3, 0.4) is 0 Å². The molecular weight excluding hydrogens is 340 g/mol. The minimum atomic E-state index is -4.66. The zero-order chi connectivity index (χ0) is 18.7. The molecule has 0 spiro atoms. The zero-order valence-corrected chi connectivity index (χ0v) is 15.2. The first-order chi connectivity index (χ1) is 12.4. The Morgan fingerprint density at radius 2 is 1.69 bits per heavy atom. The number of hydrogen-bond donors (Lipinski definition) is 0. The monoisotopic (exact) mass is 366 g/mol. The van der Waals surface area contributed by atoms with E-state index < -0.39 is 17.6 Å². The van der Waals surface area contributed by atoms with Gasteiger partial charge in [-0.15, -0.1) is 0 Å². The molecule has 1 saturated carbocycles. The van der Waals surface area contributed by atoms with Gasteiger partial charge in [-0.3, -0.25) is 0 Å². The van der Waals surface area contributed by atoms with Crippen LogP contribution in [0, 0.1) is 11.7 Å². The van der Waals surface area contributed by atoms with Crippen molar-refractivity contribution in [3.63, 3.8) is 0 Å². The molecule has 0 amide bonds. The molecule has 1 aliphatic rings. The third-order valence-corrected chi connectivity index (χ3v) is 5.82. The van der Waals surface area contributed by atoms with Crippen molar-refractivity contribution in [2.45, 2.75) is 70.4 Å². The smallest absolute Gasteiger partial charge is 0.206 e. The van der Waals surface area contributed by atoms with Gasteiger partial charge in [0.15, 0.2) is 0 Å². The molecule has 0 unspecified atom stereocenters. The second-order valence-electron chi connectivity index (χ2n) is 7.62. The predicted molar refractivity (Wildman–Crippen MR) is 97.7 cm³/mol. The highest BCUT2D eigenvalue weighted by Crippen LogP contribution is 2.40. The number of alkyl halides is 3. The topological polar surface area (TPSA) is 0 Å². The van der Waals surface area contributed by atoms with Crippen LogP contribution in [0.4, 0.5) is 17.6 Å². The van der Waals surface area contributed by atoms with Gasteiger partial charge in [0.05, 0.1) is 5.56 Å². The van der Waals surface area contributed by atoms with Crippen LogP contribution in [0.25, 0.3) is 10.8 Å². The van der Waals surface area contributed by atoms with Crippen LogP contribution in [-0.4, -0.2) is 0 Å². The Hall–Kier alpha value is -1.58. The molecule has 4 heteroatoms. The summed E-state index contributed by atoms with van der Waals surface area (Å²) < 4.78 is 52.8. The highest BCUT2D eigenvalue weighted by molar-refractivity contribution is 5.84. The summed E-state index contributed by atoms with van der Waals surface area (Å²) in [5.41, 5.74) is -0.0611. The average Bonchev–Trinajstić information content (AvgIpc) is 2.61. The molecule has 0 atom stereocenters. The summed E-state index contributed by atoms with van der Waals surface area (Å²) in [5, 5.41) is 0.606. The van der Waals surface area contributed by atoms with E-state index in [2.05, 4.69) is 6.92 Å². The normalized spacial score (nSPS) is 21.3. The van der Waals surface area contributed by atoms with E-state index in [1.165, 1.54) is 50.7 Å². The molecule has 0 bridgehead atoms. The molecule has 0 N–H and O–H groups in total. The third kappa shape index (κ3) is 4.21. The van der Waals surface area contributed by atoms with E-state index in [1.54, 1.807) is 0 Å².